The predicted molar refractivity (Wildman–Crippen MR) is 88.1 cm³/mol. The minimum Gasteiger partial charge on any atom is -0.491 e. The monoisotopic (exact) mass is 353 g/mol. The van der Waals surface area contributed by atoms with Gasteiger partial charge in [0, 0.05) is 24.7 Å². The van der Waals surface area contributed by atoms with Crippen molar-refractivity contribution in [2.24, 2.45) is 11.7 Å². The molecule has 2 saturated heterocycles. The van der Waals surface area contributed by atoms with Crippen molar-refractivity contribution in [3.05, 3.63) is 28.8 Å². The highest BCUT2D eigenvalue weighted by Crippen LogP contribution is 2.26. The van der Waals surface area contributed by atoms with E-state index in [4.69, 9.17) is 26.8 Å². The maximum absolute atomic E-state index is 13.0. The number of fused-ring (bicyclic) bond motifs is 3. The van der Waals surface area contributed by atoms with Gasteiger partial charge < -0.3 is 25.4 Å². The third-order valence-corrected chi connectivity index (χ3v) is 4.31. The highest BCUT2D eigenvalue weighted by atomic mass is 35.5. The van der Waals surface area contributed by atoms with E-state index >= 15 is 0 Å². The van der Waals surface area contributed by atoms with Crippen LogP contribution in [0.25, 0.3) is 0 Å². The minimum atomic E-state index is -0.367. The molecule has 2 aliphatic rings. The third kappa shape index (κ3) is 3.63. The van der Waals surface area contributed by atoms with Crippen molar-refractivity contribution in [2.45, 2.75) is 6.04 Å². The Morgan fingerprint density at radius 3 is 3.04 bits per heavy atom. The number of halogens is 1. The van der Waals surface area contributed by atoms with E-state index in [1.54, 1.807) is 23.1 Å². The van der Waals surface area contributed by atoms with Crippen molar-refractivity contribution in [3.8, 4) is 5.75 Å². The second-order valence-corrected chi connectivity index (χ2v) is 6.36. The molecule has 3 rings (SSSR count). The maximum Gasteiger partial charge on any atom is 0.257 e. The topological polar surface area (TPSA) is 93.9 Å². The van der Waals surface area contributed by atoms with Crippen LogP contribution < -0.4 is 15.8 Å². The summed E-state index contributed by atoms with van der Waals surface area (Å²) in [6.45, 7) is 2.07. The van der Waals surface area contributed by atoms with Gasteiger partial charge in [-0.05, 0) is 18.2 Å². The lowest BCUT2D eigenvalue weighted by Crippen LogP contribution is -2.44. The molecule has 1 aromatic rings. The van der Waals surface area contributed by atoms with Gasteiger partial charge in [0.1, 0.15) is 12.4 Å². The van der Waals surface area contributed by atoms with E-state index in [9.17, 15) is 9.59 Å². The van der Waals surface area contributed by atoms with Gasteiger partial charge in [-0.2, -0.15) is 0 Å². The maximum atomic E-state index is 13.0. The second-order valence-electron chi connectivity index (χ2n) is 5.93. The van der Waals surface area contributed by atoms with E-state index in [1.807, 2.05) is 0 Å². The molecule has 2 amide bonds. The molecule has 2 atom stereocenters. The average molecular weight is 354 g/mol. The van der Waals surface area contributed by atoms with Crippen LogP contribution >= 0.6 is 11.6 Å². The van der Waals surface area contributed by atoms with Crippen LogP contribution in [0, 0.1) is 5.92 Å². The summed E-state index contributed by atoms with van der Waals surface area (Å²) in [7, 11) is 0. The molecule has 7 nitrogen and oxygen atoms in total. The van der Waals surface area contributed by atoms with Crippen LogP contribution in [0.3, 0.4) is 0 Å². The molecular weight excluding hydrogens is 334 g/mol. The molecule has 2 bridgehead atoms. The molecular formula is C16H20ClN3O4. The molecule has 0 radical (unpaired) electrons. The molecule has 0 unspecified atom stereocenters. The second kappa shape index (κ2) is 7.38. The Hall–Kier alpha value is -1.83. The molecule has 2 fully saturated rings. The fourth-order valence-electron chi connectivity index (χ4n) is 2.93. The first-order valence-electron chi connectivity index (χ1n) is 7.88. The number of carbonyl (C=O) groups is 2. The zero-order valence-electron chi connectivity index (χ0n) is 13.2. The summed E-state index contributed by atoms with van der Waals surface area (Å²) in [5, 5.41) is 3.36. The lowest BCUT2D eigenvalue weighted by molar-refractivity contribution is -0.125. The lowest BCUT2D eigenvalue weighted by Gasteiger charge is -2.28. The summed E-state index contributed by atoms with van der Waals surface area (Å²) in [5.74, 6) is -0.203. The molecule has 1 aromatic carbocycles. The average Bonchev–Trinajstić information content (AvgIpc) is 2.81. The lowest BCUT2D eigenvalue weighted by atomic mass is 10.1. The Bertz CT molecular complexity index is 640. The number of benzene rings is 1. The van der Waals surface area contributed by atoms with Gasteiger partial charge in [-0.1, -0.05) is 11.6 Å². The van der Waals surface area contributed by atoms with Crippen LogP contribution in [-0.2, 0) is 9.53 Å². The Kier molecular flexibility index (Phi) is 5.23. The molecule has 0 spiro atoms. The van der Waals surface area contributed by atoms with Crippen molar-refractivity contribution in [1.82, 2.24) is 10.2 Å². The Balaban J connectivity index is 1.85. The number of hydrogen-bond acceptors (Lipinski definition) is 5. The highest BCUT2D eigenvalue weighted by molar-refractivity contribution is 6.31. The minimum absolute atomic E-state index is 0.0708. The van der Waals surface area contributed by atoms with Gasteiger partial charge in [-0.3, -0.25) is 9.59 Å². The van der Waals surface area contributed by atoms with Crippen LogP contribution in [0.5, 0.6) is 5.75 Å². The number of carbonyl (C=O) groups excluding carboxylic acids is 2. The van der Waals surface area contributed by atoms with Crippen molar-refractivity contribution < 1.29 is 19.1 Å². The first kappa shape index (κ1) is 17.0. The predicted octanol–water partition coefficient (Wildman–Crippen LogP) is 0.264. The summed E-state index contributed by atoms with van der Waals surface area (Å²) in [5.41, 5.74) is 5.85. The number of nitrogens with one attached hydrogen (secondary N) is 1. The van der Waals surface area contributed by atoms with Crippen molar-refractivity contribution >= 4 is 23.4 Å². The van der Waals surface area contributed by atoms with Crippen molar-refractivity contribution in [1.29, 1.82) is 0 Å². The quantitative estimate of drug-likeness (QED) is 0.810. The summed E-state index contributed by atoms with van der Waals surface area (Å²) < 4.78 is 11.0. The smallest absolute Gasteiger partial charge is 0.257 e. The van der Waals surface area contributed by atoms with Crippen molar-refractivity contribution in [2.75, 3.05) is 39.5 Å². The molecule has 2 heterocycles. The highest BCUT2D eigenvalue weighted by Gasteiger charge is 2.36. The standard InChI is InChI=1S/C16H20ClN3O4/c17-11-1-2-14(24-4-3-18)13(5-11)16(22)20-6-10-8-23-9-12(7-20)19-15(10)21/h1-2,5,10,12H,3-4,6-9,18H2,(H,19,21)/t10-,12+/m1/s1. The van der Waals surface area contributed by atoms with Gasteiger partial charge in [0.15, 0.2) is 0 Å². The first-order valence-corrected chi connectivity index (χ1v) is 8.26. The number of nitrogens with zero attached hydrogens (tertiary/aromatic N) is 1. The number of hydrogen-bond donors (Lipinski definition) is 2. The van der Waals surface area contributed by atoms with E-state index < -0.39 is 0 Å². The Morgan fingerprint density at radius 2 is 2.25 bits per heavy atom. The molecule has 0 aliphatic carbocycles. The van der Waals surface area contributed by atoms with E-state index in [0.29, 0.717) is 55.8 Å². The van der Waals surface area contributed by atoms with Gasteiger partial charge in [0.2, 0.25) is 5.91 Å². The summed E-state index contributed by atoms with van der Waals surface area (Å²) in [4.78, 5) is 26.7. The Morgan fingerprint density at radius 1 is 1.42 bits per heavy atom. The fourth-order valence-corrected chi connectivity index (χ4v) is 3.10. The zero-order valence-corrected chi connectivity index (χ0v) is 13.9. The fraction of sp³-hybridized carbons (Fsp3) is 0.500. The molecule has 130 valence electrons. The summed E-state index contributed by atoms with van der Waals surface area (Å²) >= 11 is 6.05. The summed E-state index contributed by atoms with van der Waals surface area (Å²) in [6, 6.07) is 4.71. The number of rotatable bonds is 4. The molecule has 0 saturated carbocycles. The van der Waals surface area contributed by atoms with Gasteiger partial charge in [0.05, 0.1) is 30.7 Å². The van der Waals surface area contributed by atoms with E-state index in [0.717, 1.165) is 0 Å². The van der Waals surface area contributed by atoms with E-state index in [-0.39, 0.29) is 23.8 Å². The van der Waals surface area contributed by atoms with E-state index in [1.165, 1.54) is 0 Å². The van der Waals surface area contributed by atoms with Crippen LogP contribution in [-0.4, -0.2) is 62.2 Å². The Labute approximate surface area is 145 Å². The van der Waals surface area contributed by atoms with Crippen LogP contribution in [0.2, 0.25) is 5.02 Å². The number of nitrogens with two attached hydrogens (primary N) is 1. The molecule has 3 N–H and O–H groups in total. The zero-order chi connectivity index (χ0) is 17.1. The van der Waals surface area contributed by atoms with Crippen molar-refractivity contribution in [3.63, 3.8) is 0 Å². The van der Waals surface area contributed by atoms with E-state index in [2.05, 4.69) is 5.32 Å². The third-order valence-electron chi connectivity index (χ3n) is 4.07. The van der Waals surface area contributed by atoms with Crippen LogP contribution in [0.1, 0.15) is 10.4 Å². The first-order chi connectivity index (χ1) is 11.6. The van der Waals surface area contributed by atoms with Gasteiger partial charge in [0.25, 0.3) is 5.91 Å². The van der Waals surface area contributed by atoms with Crippen LogP contribution in [0.15, 0.2) is 18.2 Å². The molecule has 0 aromatic heterocycles. The normalized spacial score (nSPS) is 23.4. The van der Waals surface area contributed by atoms with Gasteiger partial charge in [-0.15, -0.1) is 0 Å². The molecule has 8 heteroatoms. The molecule has 2 aliphatic heterocycles. The molecule has 24 heavy (non-hydrogen) atoms. The largest absolute Gasteiger partial charge is 0.491 e. The number of amides is 2. The SMILES string of the molecule is NCCOc1ccc(Cl)cc1C(=O)N1C[C@H]2COC[C@@H](C1)C(=O)N2. The van der Waals surface area contributed by atoms with Gasteiger partial charge in [-0.25, -0.2) is 0 Å². The van der Waals surface area contributed by atoms with Gasteiger partial charge >= 0.3 is 0 Å². The number of ether oxygens (including phenoxy) is 2. The van der Waals surface area contributed by atoms with Crippen LogP contribution in [0.4, 0.5) is 0 Å². The summed E-state index contributed by atoms with van der Waals surface area (Å²) in [6.07, 6.45) is 0.